The van der Waals surface area contributed by atoms with Gasteiger partial charge in [0.25, 0.3) is 0 Å². The maximum absolute atomic E-state index is 12.1. The molecule has 1 aliphatic carbocycles. The van der Waals surface area contributed by atoms with E-state index in [4.69, 9.17) is 5.73 Å². The molecule has 0 heterocycles. The highest BCUT2D eigenvalue weighted by Gasteiger charge is 2.28. The predicted octanol–water partition coefficient (Wildman–Crippen LogP) is 0.923. The molecule has 0 aromatic heterocycles. The van der Waals surface area contributed by atoms with E-state index < -0.39 is 6.04 Å². The Bertz CT molecular complexity index is 336. The van der Waals surface area contributed by atoms with Crippen LogP contribution in [0.15, 0.2) is 0 Å². The summed E-state index contributed by atoms with van der Waals surface area (Å²) in [6, 6.07) is -0.395. The van der Waals surface area contributed by atoms with Gasteiger partial charge in [0.1, 0.15) is 6.04 Å². The summed E-state index contributed by atoms with van der Waals surface area (Å²) >= 11 is 0. The SMILES string of the molecule is CC(NC(=O)C1CCCC(N)C1)C(=O)NC(C)(C)C. The molecule has 0 radical (unpaired) electrons. The molecule has 1 rings (SSSR count). The second kappa shape index (κ2) is 6.37. The van der Waals surface area contributed by atoms with E-state index in [-0.39, 0.29) is 29.3 Å². The van der Waals surface area contributed by atoms with Crippen LogP contribution in [0.2, 0.25) is 0 Å². The third-order valence-electron chi connectivity index (χ3n) is 3.34. The molecule has 0 saturated heterocycles. The second-order valence-electron chi connectivity index (χ2n) is 6.59. The van der Waals surface area contributed by atoms with Crippen LogP contribution in [0.25, 0.3) is 0 Å². The number of rotatable bonds is 3. The summed E-state index contributed by atoms with van der Waals surface area (Å²) in [5.41, 5.74) is 5.59. The molecule has 0 aromatic rings. The van der Waals surface area contributed by atoms with Gasteiger partial charge in [-0.15, -0.1) is 0 Å². The molecule has 19 heavy (non-hydrogen) atoms. The molecule has 2 amide bonds. The largest absolute Gasteiger partial charge is 0.350 e. The Balaban J connectivity index is 2.45. The molecule has 0 spiro atoms. The molecule has 5 heteroatoms. The van der Waals surface area contributed by atoms with E-state index in [2.05, 4.69) is 10.6 Å². The standard InChI is InChI=1S/C14H27N3O2/c1-9(12(18)17-14(2,3)4)16-13(19)10-6-5-7-11(15)8-10/h9-11H,5-8,15H2,1-4H3,(H,16,19)(H,17,18). The van der Waals surface area contributed by atoms with Crippen molar-refractivity contribution in [3.63, 3.8) is 0 Å². The first-order chi connectivity index (χ1) is 8.69. The van der Waals surface area contributed by atoms with Crippen molar-refractivity contribution < 1.29 is 9.59 Å². The lowest BCUT2D eigenvalue weighted by molar-refractivity contribution is -0.132. The highest BCUT2D eigenvalue weighted by molar-refractivity contribution is 5.88. The molecule has 1 aliphatic rings. The van der Waals surface area contributed by atoms with Crippen molar-refractivity contribution in [2.45, 2.75) is 71.0 Å². The Kier molecular flexibility index (Phi) is 5.35. The van der Waals surface area contributed by atoms with Gasteiger partial charge >= 0.3 is 0 Å². The van der Waals surface area contributed by atoms with E-state index in [1.54, 1.807) is 6.92 Å². The number of nitrogens with two attached hydrogens (primary N) is 1. The average Bonchev–Trinajstić information content (AvgIpc) is 2.26. The van der Waals surface area contributed by atoms with Crippen molar-refractivity contribution >= 4 is 11.8 Å². The van der Waals surface area contributed by atoms with Crippen LogP contribution in [-0.2, 0) is 9.59 Å². The fourth-order valence-electron chi connectivity index (χ4n) is 2.34. The van der Waals surface area contributed by atoms with Gasteiger partial charge in [-0.05, 0) is 47.0 Å². The Morgan fingerprint density at radius 1 is 1.26 bits per heavy atom. The molecular formula is C14H27N3O2. The summed E-state index contributed by atoms with van der Waals surface area (Å²) in [4.78, 5) is 24.0. The third kappa shape index (κ3) is 5.59. The molecule has 0 aliphatic heterocycles. The van der Waals surface area contributed by atoms with Gasteiger partial charge < -0.3 is 16.4 Å². The van der Waals surface area contributed by atoms with Gasteiger partial charge in [-0.1, -0.05) is 6.42 Å². The van der Waals surface area contributed by atoms with Crippen LogP contribution in [0.1, 0.15) is 53.4 Å². The maximum Gasteiger partial charge on any atom is 0.242 e. The minimum Gasteiger partial charge on any atom is -0.350 e. The molecule has 3 atom stereocenters. The fourth-order valence-corrected chi connectivity index (χ4v) is 2.34. The van der Waals surface area contributed by atoms with E-state index in [9.17, 15) is 9.59 Å². The number of amides is 2. The number of nitrogens with one attached hydrogen (secondary N) is 2. The van der Waals surface area contributed by atoms with Crippen LogP contribution in [0.4, 0.5) is 0 Å². The fraction of sp³-hybridized carbons (Fsp3) is 0.857. The Hall–Kier alpha value is -1.10. The van der Waals surface area contributed by atoms with Crippen LogP contribution in [-0.4, -0.2) is 29.4 Å². The quantitative estimate of drug-likeness (QED) is 0.712. The van der Waals surface area contributed by atoms with Crippen LogP contribution in [0, 0.1) is 5.92 Å². The smallest absolute Gasteiger partial charge is 0.242 e. The number of hydrogen-bond donors (Lipinski definition) is 3. The van der Waals surface area contributed by atoms with Crippen LogP contribution in [0.5, 0.6) is 0 Å². The van der Waals surface area contributed by atoms with Gasteiger partial charge in [0.2, 0.25) is 11.8 Å². The summed E-state index contributed by atoms with van der Waals surface area (Å²) in [6.07, 6.45) is 3.57. The lowest BCUT2D eigenvalue weighted by Crippen LogP contribution is -2.52. The monoisotopic (exact) mass is 269 g/mol. The van der Waals surface area contributed by atoms with Gasteiger partial charge in [0, 0.05) is 17.5 Å². The Morgan fingerprint density at radius 3 is 2.42 bits per heavy atom. The summed E-state index contributed by atoms with van der Waals surface area (Å²) in [5, 5.41) is 5.64. The average molecular weight is 269 g/mol. The second-order valence-corrected chi connectivity index (χ2v) is 6.59. The summed E-state index contributed by atoms with van der Waals surface area (Å²) < 4.78 is 0. The minimum atomic E-state index is -0.509. The molecule has 1 fully saturated rings. The van der Waals surface area contributed by atoms with Crippen LogP contribution < -0.4 is 16.4 Å². The highest BCUT2D eigenvalue weighted by Crippen LogP contribution is 2.23. The van der Waals surface area contributed by atoms with E-state index in [0.717, 1.165) is 25.7 Å². The number of carbonyl (C=O) groups excluding carboxylic acids is 2. The van der Waals surface area contributed by atoms with E-state index in [1.807, 2.05) is 20.8 Å². The number of hydrogen-bond acceptors (Lipinski definition) is 3. The Morgan fingerprint density at radius 2 is 1.89 bits per heavy atom. The van der Waals surface area contributed by atoms with Gasteiger partial charge in [-0.3, -0.25) is 9.59 Å². The van der Waals surface area contributed by atoms with Gasteiger partial charge in [-0.25, -0.2) is 0 Å². The Labute approximate surface area is 115 Å². The molecule has 5 nitrogen and oxygen atoms in total. The van der Waals surface area contributed by atoms with E-state index in [0.29, 0.717) is 0 Å². The first-order valence-corrected chi connectivity index (χ1v) is 7.07. The molecule has 110 valence electrons. The van der Waals surface area contributed by atoms with Crippen molar-refractivity contribution in [1.82, 2.24) is 10.6 Å². The number of carbonyl (C=O) groups is 2. The first-order valence-electron chi connectivity index (χ1n) is 7.07. The van der Waals surface area contributed by atoms with E-state index >= 15 is 0 Å². The van der Waals surface area contributed by atoms with Crippen molar-refractivity contribution in [3.05, 3.63) is 0 Å². The molecule has 1 saturated carbocycles. The van der Waals surface area contributed by atoms with E-state index in [1.165, 1.54) is 0 Å². The summed E-state index contributed by atoms with van der Waals surface area (Å²) in [5.74, 6) is -0.249. The van der Waals surface area contributed by atoms with Crippen LogP contribution >= 0.6 is 0 Å². The molecule has 4 N–H and O–H groups in total. The normalized spacial score (nSPS) is 25.5. The van der Waals surface area contributed by atoms with Gasteiger partial charge in [-0.2, -0.15) is 0 Å². The zero-order valence-electron chi connectivity index (χ0n) is 12.5. The predicted molar refractivity (Wildman–Crippen MR) is 75.4 cm³/mol. The van der Waals surface area contributed by atoms with Gasteiger partial charge in [0.05, 0.1) is 0 Å². The zero-order valence-corrected chi connectivity index (χ0v) is 12.5. The van der Waals surface area contributed by atoms with Crippen molar-refractivity contribution in [1.29, 1.82) is 0 Å². The molecule has 3 unspecified atom stereocenters. The topological polar surface area (TPSA) is 84.2 Å². The third-order valence-corrected chi connectivity index (χ3v) is 3.34. The van der Waals surface area contributed by atoms with Crippen molar-refractivity contribution in [3.8, 4) is 0 Å². The molecule has 0 bridgehead atoms. The van der Waals surface area contributed by atoms with Crippen LogP contribution in [0.3, 0.4) is 0 Å². The highest BCUT2D eigenvalue weighted by atomic mass is 16.2. The summed E-state index contributed by atoms with van der Waals surface area (Å²) in [7, 11) is 0. The maximum atomic E-state index is 12.1. The lowest BCUT2D eigenvalue weighted by Gasteiger charge is -2.28. The van der Waals surface area contributed by atoms with Crippen molar-refractivity contribution in [2.24, 2.45) is 11.7 Å². The zero-order chi connectivity index (χ0) is 14.6. The lowest BCUT2D eigenvalue weighted by atomic mass is 9.85. The van der Waals surface area contributed by atoms with Gasteiger partial charge in [0.15, 0.2) is 0 Å². The molecule has 0 aromatic carbocycles. The summed E-state index contributed by atoms with van der Waals surface area (Å²) in [6.45, 7) is 7.46. The molecular weight excluding hydrogens is 242 g/mol. The first kappa shape index (κ1) is 16.0. The minimum absolute atomic E-state index is 0.0476. The van der Waals surface area contributed by atoms with Crippen molar-refractivity contribution in [2.75, 3.05) is 0 Å².